The Hall–Kier alpha value is -6.78. The summed E-state index contributed by atoms with van der Waals surface area (Å²) in [6, 6.07) is -6.20. The van der Waals surface area contributed by atoms with Gasteiger partial charge in [0, 0.05) is 6.42 Å². The van der Waals surface area contributed by atoms with Crippen molar-refractivity contribution in [1.82, 2.24) is 58.5 Å². The molecule has 92 heavy (non-hydrogen) atoms. The molecule has 0 saturated carbocycles. The maximum absolute atomic E-state index is 14.4. The van der Waals surface area contributed by atoms with E-state index >= 15 is 0 Å². The monoisotopic (exact) mass is 1360 g/mol. The molecule has 30 nitrogen and oxygen atoms in total. The van der Waals surface area contributed by atoms with Crippen molar-refractivity contribution in [1.29, 1.82) is 0 Å². The number of hydrogen-bond acceptors (Lipinski definition) is 20. The van der Waals surface area contributed by atoms with Gasteiger partial charge in [-0.1, -0.05) is 58.0 Å². The van der Waals surface area contributed by atoms with Gasteiger partial charge in [-0.25, -0.2) is 4.79 Å². The lowest BCUT2D eigenvalue weighted by Gasteiger charge is -2.28. The van der Waals surface area contributed by atoms with E-state index in [1.165, 1.54) is 42.2 Å². The lowest BCUT2D eigenvalue weighted by Crippen LogP contribution is -2.61. The predicted octanol–water partition coefficient (Wildman–Crippen LogP) is -2.69. The summed E-state index contributed by atoms with van der Waals surface area (Å²) >= 11 is 4.13. The minimum absolute atomic E-state index is 0.0100. The number of nitrogens with two attached hydrogens (primary N) is 3. The molecule has 1 aromatic rings. The van der Waals surface area contributed by atoms with E-state index in [4.69, 9.17) is 17.2 Å². The minimum atomic E-state index is -1.65. The van der Waals surface area contributed by atoms with Crippen LogP contribution in [0, 0.1) is 11.8 Å². The van der Waals surface area contributed by atoms with Gasteiger partial charge in [-0.05, 0) is 138 Å². The summed E-state index contributed by atoms with van der Waals surface area (Å²) in [5.74, 6) is -11.8. The molecular formula is C59H100N14O16S3. The average molecular weight is 1360 g/mol. The predicted molar refractivity (Wildman–Crippen MR) is 352 cm³/mol. The third kappa shape index (κ3) is 33.2. The number of benzene rings is 1. The Labute approximate surface area is 551 Å². The maximum atomic E-state index is 14.4. The second kappa shape index (κ2) is 46.3. The number of thioether (sulfide) groups is 3. The SMILES string of the molecule is CSCC[C@H](NC(=O)[C@H](CO)NC(=O)[C@H](CC(C)C)NC(=O)CNC(=O)[C@H](CCCCN)NC(=O)[C@H](CCSC)NC(=O)[C@H](Cc1ccccc1)NC(=O)[C@@H](NC(=O)[C@H](CC(=O)O)NC(=O)[C@@H](N)CCSC)C(C)C)C(=O)N[C@@H](C)C(=O)N[C@@H](CCCCN)C(=O)O. The summed E-state index contributed by atoms with van der Waals surface area (Å²) in [5, 5.41) is 57.3. The molecule has 20 N–H and O–H groups in total. The van der Waals surface area contributed by atoms with E-state index < -0.39 is 169 Å². The number of aliphatic carboxylic acids is 2. The van der Waals surface area contributed by atoms with Gasteiger partial charge in [0.25, 0.3) is 0 Å². The summed E-state index contributed by atoms with van der Waals surface area (Å²) in [7, 11) is 0. The molecule has 33 heteroatoms. The van der Waals surface area contributed by atoms with E-state index in [0.717, 1.165) is 0 Å². The zero-order valence-electron chi connectivity index (χ0n) is 53.9. The summed E-state index contributed by atoms with van der Waals surface area (Å²) in [5.41, 5.74) is 17.8. The van der Waals surface area contributed by atoms with E-state index in [-0.39, 0.29) is 57.4 Å². The molecule has 11 amide bonds. The summed E-state index contributed by atoms with van der Waals surface area (Å²) in [4.78, 5) is 174. The second-order valence-corrected chi connectivity index (χ2v) is 25.6. The molecule has 0 fully saturated rings. The quantitative estimate of drug-likeness (QED) is 0.0296. The number of unbranched alkanes of at least 4 members (excludes halogenated alkanes) is 2. The fourth-order valence-corrected chi connectivity index (χ4v) is 10.3. The molecule has 0 aliphatic heterocycles. The molecule has 0 heterocycles. The van der Waals surface area contributed by atoms with Gasteiger partial charge in [0.05, 0.1) is 25.6 Å². The Balaban J connectivity index is 3.36. The second-order valence-electron chi connectivity index (χ2n) is 22.7. The molecule has 0 bridgehead atoms. The first-order chi connectivity index (χ1) is 43.6. The van der Waals surface area contributed by atoms with Crippen molar-refractivity contribution in [3.63, 3.8) is 0 Å². The van der Waals surface area contributed by atoms with Crippen molar-refractivity contribution in [2.45, 2.75) is 178 Å². The molecule has 0 aliphatic rings. The average Bonchev–Trinajstić information content (AvgIpc) is 1.00. The number of aliphatic hydroxyl groups excluding tert-OH is 1. The highest BCUT2D eigenvalue weighted by Gasteiger charge is 2.36. The number of aliphatic hydroxyl groups is 1. The highest BCUT2D eigenvalue weighted by molar-refractivity contribution is 7.99. The van der Waals surface area contributed by atoms with Crippen molar-refractivity contribution in [2.24, 2.45) is 29.0 Å². The Morgan fingerprint density at radius 3 is 1.41 bits per heavy atom. The van der Waals surface area contributed by atoms with Gasteiger partial charge in [-0.3, -0.25) is 57.5 Å². The molecule has 0 radical (unpaired) electrons. The number of amides is 11. The Bertz CT molecular complexity index is 2540. The third-order valence-corrected chi connectivity index (χ3v) is 16.1. The van der Waals surface area contributed by atoms with Gasteiger partial charge in [0.2, 0.25) is 65.0 Å². The Morgan fingerprint density at radius 2 is 0.913 bits per heavy atom. The van der Waals surface area contributed by atoms with Crippen molar-refractivity contribution in [3.8, 4) is 0 Å². The highest BCUT2D eigenvalue weighted by Crippen LogP contribution is 2.13. The van der Waals surface area contributed by atoms with Crippen LogP contribution in [0.1, 0.15) is 111 Å². The normalized spacial score (nSPS) is 14.8. The minimum Gasteiger partial charge on any atom is -0.481 e. The van der Waals surface area contributed by atoms with Crippen LogP contribution in [0.4, 0.5) is 0 Å². The van der Waals surface area contributed by atoms with Crippen LogP contribution in [0.2, 0.25) is 0 Å². The van der Waals surface area contributed by atoms with Gasteiger partial charge >= 0.3 is 11.9 Å². The van der Waals surface area contributed by atoms with Crippen LogP contribution in [0.15, 0.2) is 30.3 Å². The molecule has 1 rings (SSSR count). The van der Waals surface area contributed by atoms with Gasteiger partial charge in [0.15, 0.2) is 0 Å². The lowest BCUT2D eigenvalue weighted by molar-refractivity contribution is -0.142. The molecule has 0 aromatic heterocycles. The van der Waals surface area contributed by atoms with Crippen LogP contribution in [-0.4, -0.2) is 221 Å². The van der Waals surface area contributed by atoms with Crippen molar-refractivity contribution in [3.05, 3.63) is 35.9 Å². The number of carboxylic acid groups (broad SMARTS) is 2. The highest BCUT2D eigenvalue weighted by atomic mass is 32.2. The van der Waals surface area contributed by atoms with Gasteiger partial charge in [-0.15, -0.1) is 0 Å². The molecule has 0 saturated heterocycles. The third-order valence-electron chi connectivity index (χ3n) is 14.1. The molecule has 0 spiro atoms. The number of nitrogens with one attached hydrogen (secondary N) is 11. The van der Waals surface area contributed by atoms with E-state index in [0.29, 0.717) is 55.1 Å². The number of hydrogen-bond donors (Lipinski definition) is 17. The number of carbonyl (C=O) groups excluding carboxylic acids is 11. The largest absolute Gasteiger partial charge is 0.481 e. The van der Waals surface area contributed by atoms with Crippen LogP contribution >= 0.6 is 35.3 Å². The fourth-order valence-electron chi connectivity index (χ4n) is 8.87. The first-order valence-electron chi connectivity index (χ1n) is 30.6. The van der Waals surface area contributed by atoms with Crippen molar-refractivity contribution < 1.29 is 77.6 Å². The van der Waals surface area contributed by atoms with Crippen LogP contribution in [0.3, 0.4) is 0 Å². The molecule has 520 valence electrons. The Morgan fingerprint density at radius 1 is 0.467 bits per heavy atom. The summed E-state index contributed by atoms with van der Waals surface area (Å²) < 4.78 is 0. The molecule has 11 atom stereocenters. The molecule has 1 aromatic carbocycles. The molecule has 0 aliphatic carbocycles. The van der Waals surface area contributed by atoms with E-state index in [2.05, 4.69) is 58.5 Å². The lowest BCUT2D eigenvalue weighted by atomic mass is 10.00. The Kier molecular flexibility index (Phi) is 41.9. The van der Waals surface area contributed by atoms with E-state index in [9.17, 15) is 77.6 Å². The topological polar surface area (TPSA) is 493 Å². The molecule has 0 unspecified atom stereocenters. The smallest absolute Gasteiger partial charge is 0.326 e. The van der Waals surface area contributed by atoms with E-state index in [1.54, 1.807) is 70.5 Å². The number of carbonyl (C=O) groups is 13. The standard InChI is InChI=1S/C59H100N14O16S3/c1-33(2)28-42(54(83)72-45(32-74)57(86)68-39(21-26-91-7)52(81)64-35(5)49(78)69-41(59(88)89)19-13-15-24-61)65-46(75)31-63-51(80)38(18-12-14-23-60)66-53(82)40(22-27-92-8)67-55(84)43(29-36-16-10-9-11-17-36)71-58(87)48(34(3)4)73-56(85)44(30-47(76)77)70-50(79)37(62)20-25-90-6/h9-11,16-17,33-35,37-45,48,74H,12-15,18-32,60-62H2,1-8H3,(H,63,80)(H,64,81)(H,65,75)(H,66,82)(H,67,84)(H,68,86)(H,69,78)(H,70,79)(H,71,87)(H,72,83)(H,73,85)(H,76,77)(H,88,89)/t35-,37-,38-,39-,40-,41-,42-,43-,44-,45-,48-/m0/s1. The van der Waals surface area contributed by atoms with Crippen LogP contribution in [-0.2, 0) is 68.7 Å². The zero-order chi connectivity index (χ0) is 69.5. The van der Waals surface area contributed by atoms with E-state index in [1.807, 2.05) is 6.26 Å². The van der Waals surface area contributed by atoms with Crippen LogP contribution in [0.5, 0.6) is 0 Å². The maximum Gasteiger partial charge on any atom is 0.326 e. The summed E-state index contributed by atoms with van der Waals surface area (Å²) in [6.45, 7) is 6.92. The first kappa shape index (κ1) is 83.2. The van der Waals surface area contributed by atoms with Crippen molar-refractivity contribution >= 4 is 112 Å². The summed E-state index contributed by atoms with van der Waals surface area (Å²) in [6.07, 6.45) is 6.58. The van der Waals surface area contributed by atoms with Gasteiger partial charge in [0.1, 0.15) is 60.4 Å². The number of rotatable bonds is 48. The van der Waals surface area contributed by atoms with Gasteiger partial charge < -0.3 is 91.0 Å². The van der Waals surface area contributed by atoms with Crippen LogP contribution < -0.4 is 75.7 Å². The van der Waals surface area contributed by atoms with Gasteiger partial charge in [-0.2, -0.15) is 35.3 Å². The fraction of sp³-hybridized carbons (Fsp3) is 0.678. The first-order valence-corrected chi connectivity index (χ1v) is 34.8. The molecular weight excluding hydrogens is 1260 g/mol. The number of carboxylic acids is 2. The van der Waals surface area contributed by atoms with Crippen molar-refractivity contribution in [2.75, 3.05) is 62.3 Å². The van der Waals surface area contributed by atoms with Crippen LogP contribution in [0.25, 0.3) is 0 Å². The zero-order valence-corrected chi connectivity index (χ0v) is 56.4.